The summed E-state index contributed by atoms with van der Waals surface area (Å²) < 4.78 is 6.97. The highest BCUT2D eigenvalue weighted by molar-refractivity contribution is 6.30. The van der Waals surface area contributed by atoms with Crippen molar-refractivity contribution >= 4 is 11.6 Å². The van der Waals surface area contributed by atoms with Gasteiger partial charge in [0.05, 0.1) is 13.7 Å². The number of halogens is 1. The summed E-state index contributed by atoms with van der Waals surface area (Å²) in [7, 11) is 1.61. The van der Waals surface area contributed by atoms with Crippen molar-refractivity contribution in [3.63, 3.8) is 0 Å². The average molecular weight is 280 g/mol. The van der Waals surface area contributed by atoms with E-state index in [2.05, 4.69) is 20.8 Å². The van der Waals surface area contributed by atoms with Crippen LogP contribution < -0.4 is 10.1 Å². The quantitative estimate of drug-likeness (QED) is 0.900. The SMILES string of the molecule is COc1ccc(Cl)cc1-n1nnnc1CNC1CC1. The van der Waals surface area contributed by atoms with Gasteiger partial charge in [0.15, 0.2) is 5.82 Å². The molecule has 1 aromatic carbocycles. The summed E-state index contributed by atoms with van der Waals surface area (Å²) >= 11 is 6.03. The van der Waals surface area contributed by atoms with Crippen molar-refractivity contribution in [2.75, 3.05) is 7.11 Å². The number of nitrogens with one attached hydrogen (secondary N) is 1. The first-order valence-corrected chi connectivity index (χ1v) is 6.50. The molecule has 0 aliphatic heterocycles. The number of nitrogens with zero attached hydrogens (tertiary/aromatic N) is 4. The van der Waals surface area contributed by atoms with Crippen LogP contribution >= 0.6 is 11.6 Å². The van der Waals surface area contributed by atoms with E-state index >= 15 is 0 Å². The van der Waals surface area contributed by atoms with Gasteiger partial charge in [0.1, 0.15) is 11.4 Å². The van der Waals surface area contributed by atoms with Gasteiger partial charge in [0.2, 0.25) is 0 Å². The Hall–Kier alpha value is -1.66. The second-order valence-corrected chi connectivity index (χ2v) is 4.91. The van der Waals surface area contributed by atoms with Crippen LogP contribution in [0.1, 0.15) is 18.7 Å². The van der Waals surface area contributed by atoms with Gasteiger partial charge >= 0.3 is 0 Å². The fourth-order valence-electron chi connectivity index (χ4n) is 1.85. The van der Waals surface area contributed by atoms with Crippen LogP contribution in [0.15, 0.2) is 18.2 Å². The molecule has 1 aliphatic rings. The molecule has 7 heteroatoms. The molecule has 1 aliphatic carbocycles. The highest BCUT2D eigenvalue weighted by atomic mass is 35.5. The lowest BCUT2D eigenvalue weighted by Gasteiger charge is -2.10. The van der Waals surface area contributed by atoms with Gasteiger partial charge in [0.25, 0.3) is 0 Å². The first-order chi connectivity index (χ1) is 9.28. The molecule has 0 saturated heterocycles. The van der Waals surface area contributed by atoms with Crippen LogP contribution in [0.2, 0.25) is 5.02 Å². The third-order valence-corrected chi connectivity index (χ3v) is 3.26. The van der Waals surface area contributed by atoms with Crippen molar-refractivity contribution in [3.8, 4) is 11.4 Å². The Balaban J connectivity index is 1.92. The minimum Gasteiger partial charge on any atom is -0.494 e. The summed E-state index contributed by atoms with van der Waals surface area (Å²) in [5, 5.41) is 15.8. The van der Waals surface area contributed by atoms with Gasteiger partial charge in [-0.15, -0.1) is 5.10 Å². The van der Waals surface area contributed by atoms with E-state index in [1.165, 1.54) is 12.8 Å². The molecule has 1 N–H and O–H groups in total. The van der Waals surface area contributed by atoms with Crippen molar-refractivity contribution in [1.29, 1.82) is 0 Å². The van der Waals surface area contributed by atoms with Gasteiger partial charge in [-0.05, 0) is 41.5 Å². The zero-order valence-corrected chi connectivity index (χ0v) is 11.3. The van der Waals surface area contributed by atoms with Gasteiger partial charge < -0.3 is 10.1 Å². The number of hydrogen-bond acceptors (Lipinski definition) is 5. The normalized spacial score (nSPS) is 14.6. The van der Waals surface area contributed by atoms with Crippen molar-refractivity contribution in [1.82, 2.24) is 25.5 Å². The number of aromatic nitrogens is 4. The Bertz CT molecular complexity index is 581. The van der Waals surface area contributed by atoms with E-state index in [1.807, 2.05) is 0 Å². The van der Waals surface area contributed by atoms with Crippen LogP contribution in [0.3, 0.4) is 0 Å². The number of rotatable bonds is 5. The molecule has 0 spiro atoms. The Morgan fingerprint density at radius 2 is 2.32 bits per heavy atom. The molecule has 0 atom stereocenters. The molecule has 1 saturated carbocycles. The highest BCUT2D eigenvalue weighted by Gasteiger charge is 2.22. The summed E-state index contributed by atoms with van der Waals surface area (Å²) in [6.45, 7) is 0.632. The fourth-order valence-corrected chi connectivity index (χ4v) is 2.02. The summed E-state index contributed by atoms with van der Waals surface area (Å²) in [4.78, 5) is 0. The van der Waals surface area contributed by atoms with Gasteiger partial charge in [-0.25, -0.2) is 0 Å². The second kappa shape index (κ2) is 5.14. The number of benzene rings is 1. The monoisotopic (exact) mass is 279 g/mol. The molecule has 1 fully saturated rings. The maximum atomic E-state index is 6.03. The summed E-state index contributed by atoms with van der Waals surface area (Å²) in [5.41, 5.74) is 0.743. The molecule has 0 bridgehead atoms. The van der Waals surface area contributed by atoms with Crippen LogP contribution in [0.25, 0.3) is 5.69 Å². The lowest BCUT2D eigenvalue weighted by Crippen LogP contribution is -2.19. The van der Waals surface area contributed by atoms with E-state index in [1.54, 1.807) is 30.0 Å². The van der Waals surface area contributed by atoms with Crippen LogP contribution in [-0.4, -0.2) is 33.4 Å². The Morgan fingerprint density at radius 1 is 1.47 bits per heavy atom. The zero-order chi connectivity index (χ0) is 13.2. The van der Waals surface area contributed by atoms with Crippen molar-refractivity contribution in [2.24, 2.45) is 0 Å². The Labute approximate surface area is 115 Å². The summed E-state index contributed by atoms with van der Waals surface area (Å²) in [5.74, 6) is 1.43. The number of hydrogen-bond donors (Lipinski definition) is 1. The minimum absolute atomic E-state index is 0.603. The molecule has 0 radical (unpaired) electrons. The third-order valence-electron chi connectivity index (χ3n) is 3.03. The predicted octanol–water partition coefficient (Wildman–Crippen LogP) is 1.58. The molecule has 0 amide bonds. The first-order valence-electron chi connectivity index (χ1n) is 6.12. The molecule has 1 aromatic heterocycles. The van der Waals surface area contributed by atoms with E-state index in [9.17, 15) is 0 Å². The lowest BCUT2D eigenvalue weighted by molar-refractivity contribution is 0.410. The van der Waals surface area contributed by atoms with E-state index in [0.717, 1.165) is 11.5 Å². The molecular weight excluding hydrogens is 266 g/mol. The molecule has 100 valence electrons. The molecule has 19 heavy (non-hydrogen) atoms. The van der Waals surface area contributed by atoms with Crippen molar-refractivity contribution in [2.45, 2.75) is 25.4 Å². The van der Waals surface area contributed by atoms with E-state index < -0.39 is 0 Å². The van der Waals surface area contributed by atoms with Crippen LogP contribution in [0, 0.1) is 0 Å². The maximum absolute atomic E-state index is 6.03. The number of methoxy groups -OCH3 is 1. The Morgan fingerprint density at radius 3 is 3.05 bits per heavy atom. The van der Waals surface area contributed by atoms with Gasteiger partial charge in [-0.2, -0.15) is 4.68 Å². The maximum Gasteiger partial charge on any atom is 0.170 e. The van der Waals surface area contributed by atoms with Crippen molar-refractivity contribution < 1.29 is 4.74 Å². The van der Waals surface area contributed by atoms with Gasteiger partial charge in [-0.3, -0.25) is 0 Å². The number of tetrazole rings is 1. The van der Waals surface area contributed by atoms with E-state index in [-0.39, 0.29) is 0 Å². The smallest absolute Gasteiger partial charge is 0.170 e. The standard InChI is InChI=1S/C12H14ClN5O/c1-19-11-5-2-8(13)6-10(11)18-12(15-16-17-18)7-14-9-3-4-9/h2,5-6,9,14H,3-4,7H2,1H3. The Kier molecular flexibility index (Phi) is 3.35. The minimum atomic E-state index is 0.603. The first kappa shape index (κ1) is 12.4. The van der Waals surface area contributed by atoms with E-state index in [0.29, 0.717) is 23.4 Å². The third kappa shape index (κ3) is 2.69. The fraction of sp³-hybridized carbons (Fsp3) is 0.417. The predicted molar refractivity (Wildman–Crippen MR) is 70.6 cm³/mol. The topological polar surface area (TPSA) is 64.9 Å². The largest absolute Gasteiger partial charge is 0.494 e. The lowest BCUT2D eigenvalue weighted by atomic mass is 10.3. The highest BCUT2D eigenvalue weighted by Crippen LogP contribution is 2.26. The van der Waals surface area contributed by atoms with Crippen LogP contribution in [-0.2, 0) is 6.54 Å². The van der Waals surface area contributed by atoms with E-state index in [4.69, 9.17) is 16.3 Å². The number of ether oxygens (including phenoxy) is 1. The van der Waals surface area contributed by atoms with Gasteiger partial charge in [0, 0.05) is 11.1 Å². The van der Waals surface area contributed by atoms with Crippen LogP contribution in [0.5, 0.6) is 5.75 Å². The molecule has 6 nitrogen and oxygen atoms in total. The second-order valence-electron chi connectivity index (χ2n) is 4.48. The molecule has 3 rings (SSSR count). The molecular formula is C12H14ClN5O. The average Bonchev–Trinajstić information content (AvgIpc) is 3.13. The summed E-state index contributed by atoms with van der Waals surface area (Å²) in [6, 6.07) is 5.97. The molecule has 1 heterocycles. The van der Waals surface area contributed by atoms with Crippen molar-refractivity contribution in [3.05, 3.63) is 29.0 Å². The zero-order valence-electron chi connectivity index (χ0n) is 10.5. The molecule has 0 unspecified atom stereocenters. The van der Waals surface area contributed by atoms with Crippen LogP contribution in [0.4, 0.5) is 0 Å². The molecule has 2 aromatic rings. The van der Waals surface area contributed by atoms with Gasteiger partial charge in [-0.1, -0.05) is 11.6 Å². The summed E-state index contributed by atoms with van der Waals surface area (Å²) in [6.07, 6.45) is 2.45.